The van der Waals surface area contributed by atoms with Gasteiger partial charge in [-0.2, -0.15) is 0 Å². The van der Waals surface area contributed by atoms with E-state index in [-0.39, 0.29) is 25.3 Å². The van der Waals surface area contributed by atoms with E-state index < -0.39 is 29.2 Å². The lowest BCUT2D eigenvalue weighted by molar-refractivity contribution is -0.123. The predicted octanol–water partition coefficient (Wildman–Crippen LogP) is 7.31. The third kappa shape index (κ3) is 10.3. The maximum absolute atomic E-state index is 14.0. The normalized spacial score (nSPS) is 12.9. The average Bonchev–Trinajstić information content (AvgIpc) is 2.95. The van der Waals surface area contributed by atoms with Gasteiger partial charge in [0.1, 0.15) is 24.0 Å². The Morgan fingerprint density at radius 3 is 2.29 bits per heavy atom. The lowest BCUT2D eigenvalue weighted by Crippen LogP contribution is -2.49. The Bertz CT molecular complexity index is 1580. The Balaban J connectivity index is 1.50. The minimum absolute atomic E-state index is 0.0575. The maximum atomic E-state index is 14.0. The predicted molar refractivity (Wildman–Crippen MR) is 183 cm³/mol. The molecule has 0 unspecified atom stereocenters. The summed E-state index contributed by atoms with van der Waals surface area (Å²) in [6.45, 7) is 9.11. The molecule has 0 heterocycles. The van der Waals surface area contributed by atoms with Crippen molar-refractivity contribution in [2.24, 2.45) is 0 Å². The van der Waals surface area contributed by atoms with Gasteiger partial charge in [-0.15, -0.1) is 0 Å². The van der Waals surface area contributed by atoms with Gasteiger partial charge < -0.3 is 20.5 Å². The highest BCUT2D eigenvalue weighted by atomic mass is 127. The number of ether oxygens (including phenoxy) is 1. The van der Waals surface area contributed by atoms with Gasteiger partial charge in [0.2, 0.25) is 5.91 Å². The van der Waals surface area contributed by atoms with E-state index in [0.717, 1.165) is 43.2 Å². The van der Waals surface area contributed by atoms with Crippen LogP contribution in [-0.4, -0.2) is 29.7 Å². The molecule has 0 spiro atoms. The van der Waals surface area contributed by atoms with Crippen LogP contribution in [0.1, 0.15) is 53.6 Å². The number of rotatable bonds is 14. The molecule has 238 valence electrons. The van der Waals surface area contributed by atoms with E-state index in [4.69, 9.17) is 4.74 Å². The second-order valence-electron chi connectivity index (χ2n) is 12.3. The van der Waals surface area contributed by atoms with Crippen molar-refractivity contribution in [2.45, 2.75) is 71.2 Å². The number of nitrogens with one attached hydrogen (secondary N) is 2. The fraction of sp³-hybridized carbons (Fsp3) is 0.324. The van der Waals surface area contributed by atoms with Crippen molar-refractivity contribution in [2.75, 3.05) is 6.54 Å². The zero-order valence-electron chi connectivity index (χ0n) is 26.2. The van der Waals surface area contributed by atoms with Crippen LogP contribution in [-0.2, 0) is 29.8 Å². The molecule has 0 aromatic heterocycles. The topological polar surface area (TPSA) is 70.6 Å². The molecule has 4 aromatic carbocycles. The summed E-state index contributed by atoms with van der Waals surface area (Å²) in [7, 11) is 0. The molecular formula is C37H41F2IN2O3. The van der Waals surface area contributed by atoms with Crippen LogP contribution in [0.3, 0.4) is 0 Å². The van der Waals surface area contributed by atoms with Gasteiger partial charge in [0, 0.05) is 40.1 Å². The third-order valence-corrected chi connectivity index (χ3v) is 8.39. The first kappa shape index (κ1) is 34.5. The molecule has 0 aliphatic heterocycles. The van der Waals surface area contributed by atoms with Gasteiger partial charge in [-0.25, -0.2) is 8.78 Å². The zero-order chi connectivity index (χ0) is 32.6. The summed E-state index contributed by atoms with van der Waals surface area (Å²) in [6, 6.07) is 24.5. The number of benzene rings is 4. The SMILES string of the molecule is Cc1cc(C)c(C(C)(C)CC(=O)N[C@@H](Cc2cc(F)cc(F)c2)[C@@H](O)CNCc2cccc(I)c2)c(OCc2ccccc2)c1. The Morgan fingerprint density at radius 2 is 1.60 bits per heavy atom. The Morgan fingerprint density at radius 1 is 0.911 bits per heavy atom. The summed E-state index contributed by atoms with van der Waals surface area (Å²) >= 11 is 2.25. The van der Waals surface area contributed by atoms with Gasteiger partial charge in [0.25, 0.3) is 0 Å². The number of carbonyl (C=O) groups excluding carboxylic acids is 1. The fourth-order valence-corrected chi connectivity index (χ4v) is 6.42. The van der Waals surface area contributed by atoms with E-state index >= 15 is 0 Å². The average molecular weight is 727 g/mol. The van der Waals surface area contributed by atoms with E-state index in [0.29, 0.717) is 18.7 Å². The lowest BCUT2D eigenvalue weighted by atomic mass is 9.78. The largest absolute Gasteiger partial charge is 0.489 e. The molecule has 45 heavy (non-hydrogen) atoms. The molecule has 3 N–H and O–H groups in total. The number of aliphatic hydroxyl groups excluding tert-OH is 1. The quantitative estimate of drug-likeness (QED) is 0.119. The van der Waals surface area contributed by atoms with Crippen LogP contribution >= 0.6 is 22.6 Å². The van der Waals surface area contributed by atoms with Crippen LogP contribution in [0.4, 0.5) is 8.78 Å². The number of aryl methyl sites for hydroxylation is 2. The minimum atomic E-state index is -1.02. The van der Waals surface area contributed by atoms with Crippen molar-refractivity contribution >= 4 is 28.5 Å². The molecular weight excluding hydrogens is 685 g/mol. The summed E-state index contributed by atoms with van der Waals surface area (Å²) in [6.07, 6.45) is -0.853. The van der Waals surface area contributed by atoms with Gasteiger partial charge in [-0.1, -0.05) is 62.4 Å². The Kier molecular flexibility index (Phi) is 12.1. The molecule has 4 rings (SSSR count). The van der Waals surface area contributed by atoms with Crippen molar-refractivity contribution in [1.82, 2.24) is 10.6 Å². The van der Waals surface area contributed by atoms with Crippen LogP contribution in [0.15, 0.2) is 84.9 Å². The zero-order valence-corrected chi connectivity index (χ0v) is 28.3. The molecule has 4 aromatic rings. The van der Waals surface area contributed by atoms with Crippen LogP contribution in [0.5, 0.6) is 5.75 Å². The van der Waals surface area contributed by atoms with Crippen LogP contribution in [0.2, 0.25) is 0 Å². The standard InChI is InChI=1S/C37H41F2IN2O3/c1-24-13-25(2)36(34(14-24)45-23-26-9-6-5-7-10-26)37(3,4)20-35(44)42-32(18-28-15-29(38)19-30(39)16-28)33(43)22-41-21-27-11-8-12-31(40)17-27/h5-17,19,32-33,41,43H,18,20-23H2,1-4H3,(H,42,44)/t32-,33-/m0/s1. The third-order valence-electron chi connectivity index (χ3n) is 7.72. The second-order valence-corrected chi connectivity index (χ2v) is 13.5. The van der Waals surface area contributed by atoms with Crippen molar-refractivity contribution in [3.63, 3.8) is 0 Å². The summed E-state index contributed by atoms with van der Waals surface area (Å²) in [5.74, 6) is -0.978. The number of hydrogen-bond donors (Lipinski definition) is 3. The first-order valence-electron chi connectivity index (χ1n) is 15.1. The summed E-state index contributed by atoms with van der Waals surface area (Å²) in [4.78, 5) is 13.6. The summed E-state index contributed by atoms with van der Waals surface area (Å²) in [5, 5.41) is 17.4. The van der Waals surface area contributed by atoms with Gasteiger partial charge >= 0.3 is 0 Å². The van der Waals surface area contributed by atoms with Crippen molar-refractivity contribution in [1.29, 1.82) is 0 Å². The molecule has 0 aliphatic carbocycles. The van der Waals surface area contributed by atoms with E-state index in [2.05, 4.69) is 39.3 Å². The molecule has 0 fully saturated rings. The van der Waals surface area contributed by atoms with E-state index in [9.17, 15) is 18.7 Å². The molecule has 1 amide bonds. The van der Waals surface area contributed by atoms with Crippen molar-refractivity contribution in [3.8, 4) is 5.75 Å². The number of carbonyl (C=O) groups is 1. The molecule has 0 saturated carbocycles. The minimum Gasteiger partial charge on any atom is -0.489 e. The second kappa shape index (κ2) is 15.8. The van der Waals surface area contributed by atoms with Crippen LogP contribution < -0.4 is 15.4 Å². The molecule has 0 radical (unpaired) electrons. The number of halogens is 3. The first-order valence-corrected chi connectivity index (χ1v) is 16.1. The summed E-state index contributed by atoms with van der Waals surface area (Å²) < 4.78 is 35.5. The molecule has 0 aliphatic rings. The molecule has 0 saturated heterocycles. The highest BCUT2D eigenvalue weighted by molar-refractivity contribution is 14.1. The maximum Gasteiger partial charge on any atom is 0.221 e. The highest BCUT2D eigenvalue weighted by Crippen LogP contribution is 2.38. The first-order chi connectivity index (χ1) is 21.4. The summed E-state index contributed by atoms with van der Waals surface area (Å²) in [5.41, 5.74) is 4.83. The Hall–Kier alpha value is -3.34. The molecule has 2 atom stereocenters. The van der Waals surface area contributed by atoms with Crippen LogP contribution in [0.25, 0.3) is 0 Å². The van der Waals surface area contributed by atoms with Crippen molar-refractivity contribution < 1.29 is 23.4 Å². The Labute approximate surface area is 278 Å². The van der Waals surface area contributed by atoms with Gasteiger partial charge in [0.15, 0.2) is 0 Å². The molecule has 0 bridgehead atoms. The van der Waals surface area contributed by atoms with Gasteiger partial charge in [0.05, 0.1) is 12.1 Å². The molecule has 8 heteroatoms. The monoisotopic (exact) mass is 726 g/mol. The lowest BCUT2D eigenvalue weighted by Gasteiger charge is -2.31. The van der Waals surface area contributed by atoms with Crippen molar-refractivity contribution in [3.05, 3.63) is 134 Å². The van der Waals surface area contributed by atoms with E-state index in [1.165, 1.54) is 12.1 Å². The fourth-order valence-electron chi connectivity index (χ4n) is 5.81. The highest BCUT2D eigenvalue weighted by Gasteiger charge is 2.31. The van der Waals surface area contributed by atoms with Crippen LogP contribution in [0, 0.1) is 29.1 Å². The number of hydrogen-bond acceptors (Lipinski definition) is 4. The van der Waals surface area contributed by atoms with E-state index in [1.807, 2.05) is 88.4 Å². The smallest absolute Gasteiger partial charge is 0.221 e. The number of amides is 1. The van der Waals surface area contributed by atoms with Gasteiger partial charge in [-0.3, -0.25) is 4.79 Å². The van der Waals surface area contributed by atoms with E-state index in [1.54, 1.807) is 0 Å². The number of aliphatic hydroxyl groups is 1. The molecule has 5 nitrogen and oxygen atoms in total. The van der Waals surface area contributed by atoms with Gasteiger partial charge in [-0.05, 0) is 101 Å².